The Labute approximate surface area is 105 Å². The van der Waals surface area contributed by atoms with Gasteiger partial charge in [0.1, 0.15) is 0 Å². The Hall–Kier alpha value is -2.42. The normalized spacial score (nSPS) is 10.7. The van der Waals surface area contributed by atoms with Crippen molar-refractivity contribution in [3.63, 3.8) is 0 Å². The first-order valence-electron chi connectivity index (χ1n) is 5.73. The van der Waals surface area contributed by atoms with E-state index in [2.05, 4.69) is 16.0 Å². The van der Waals surface area contributed by atoms with E-state index in [1.54, 1.807) is 0 Å². The summed E-state index contributed by atoms with van der Waals surface area (Å²) in [4.78, 5) is 8.87. The second kappa shape index (κ2) is 4.11. The Kier molecular flexibility index (Phi) is 2.45. The molecule has 0 amide bonds. The fraction of sp³-hybridized carbons (Fsp3) is 0.0667. The van der Waals surface area contributed by atoms with Crippen LogP contribution in [0.25, 0.3) is 22.2 Å². The molecule has 3 heteroatoms. The van der Waals surface area contributed by atoms with Crippen molar-refractivity contribution in [3.8, 4) is 11.3 Å². The van der Waals surface area contributed by atoms with Gasteiger partial charge >= 0.3 is 0 Å². The number of aryl methyl sites for hydroxylation is 1. The van der Waals surface area contributed by atoms with Gasteiger partial charge in [0.05, 0.1) is 11.2 Å². The summed E-state index contributed by atoms with van der Waals surface area (Å²) >= 11 is 0. The molecule has 2 heterocycles. The highest BCUT2D eigenvalue weighted by atomic mass is 14.7. The number of anilines is 1. The molecular formula is C15H12N3. The molecule has 0 saturated carbocycles. The summed E-state index contributed by atoms with van der Waals surface area (Å²) in [7, 11) is 0. The molecule has 3 rings (SSSR count). The standard InChI is InChI=1S/C15H12N3/c1-10-2-3-12(9-17-10)15-6-4-11-8-13(16)5-7-14(11)18-15/h2-3,5-9H,16H2,1H3. The SMILES string of the molecule is Cc1ccc(-c2c[c]c3cc(N)ccc3n2)cn1. The third kappa shape index (κ3) is 1.91. The summed E-state index contributed by atoms with van der Waals surface area (Å²) < 4.78 is 0. The summed E-state index contributed by atoms with van der Waals surface area (Å²) in [5.74, 6) is 0. The monoisotopic (exact) mass is 234 g/mol. The minimum absolute atomic E-state index is 0.727. The van der Waals surface area contributed by atoms with Crippen molar-refractivity contribution in [1.82, 2.24) is 9.97 Å². The van der Waals surface area contributed by atoms with Crippen molar-refractivity contribution in [2.45, 2.75) is 6.92 Å². The van der Waals surface area contributed by atoms with Crippen LogP contribution in [-0.2, 0) is 0 Å². The van der Waals surface area contributed by atoms with Crippen molar-refractivity contribution in [1.29, 1.82) is 0 Å². The molecule has 0 saturated heterocycles. The number of nitrogen functional groups attached to an aromatic ring is 1. The lowest BCUT2D eigenvalue weighted by atomic mass is 10.1. The number of nitrogens with zero attached hydrogens (tertiary/aromatic N) is 2. The fourth-order valence-corrected chi connectivity index (χ4v) is 1.84. The van der Waals surface area contributed by atoms with Crippen LogP contribution in [0.15, 0.2) is 42.6 Å². The molecule has 1 aromatic carbocycles. The zero-order valence-electron chi connectivity index (χ0n) is 10.0. The van der Waals surface area contributed by atoms with E-state index >= 15 is 0 Å². The van der Waals surface area contributed by atoms with Crippen LogP contribution in [0.1, 0.15) is 5.69 Å². The molecule has 3 nitrogen and oxygen atoms in total. The second-order valence-electron chi connectivity index (χ2n) is 4.25. The maximum absolute atomic E-state index is 5.73. The first-order chi connectivity index (χ1) is 8.72. The second-order valence-corrected chi connectivity index (χ2v) is 4.25. The smallest absolute Gasteiger partial charge is 0.0731 e. The molecule has 1 radical (unpaired) electrons. The van der Waals surface area contributed by atoms with Crippen molar-refractivity contribution < 1.29 is 0 Å². The zero-order valence-corrected chi connectivity index (χ0v) is 10.0. The molecule has 18 heavy (non-hydrogen) atoms. The Morgan fingerprint density at radius 2 is 2.06 bits per heavy atom. The van der Waals surface area contributed by atoms with E-state index in [1.165, 1.54) is 0 Å². The summed E-state index contributed by atoms with van der Waals surface area (Å²) in [5.41, 5.74) is 10.2. The van der Waals surface area contributed by atoms with Crippen LogP contribution < -0.4 is 5.73 Å². The number of aromatic nitrogens is 2. The molecular weight excluding hydrogens is 222 g/mol. The largest absolute Gasteiger partial charge is 0.399 e. The quantitative estimate of drug-likeness (QED) is 0.658. The maximum atomic E-state index is 5.73. The van der Waals surface area contributed by atoms with Crippen LogP contribution in [0.4, 0.5) is 5.69 Å². The predicted octanol–water partition coefficient (Wildman–Crippen LogP) is 2.99. The van der Waals surface area contributed by atoms with E-state index in [-0.39, 0.29) is 0 Å². The van der Waals surface area contributed by atoms with Crippen molar-refractivity contribution >= 4 is 16.6 Å². The Balaban J connectivity index is 2.13. The summed E-state index contributed by atoms with van der Waals surface area (Å²) in [6.45, 7) is 1.96. The van der Waals surface area contributed by atoms with E-state index in [0.717, 1.165) is 33.5 Å². The van der Waals surface area contributed by atoms with E-state index < -0.39 is 0 Å². The summed E-state index contributed by atoms with van der Waals surface area (Å²) in [5, 5.41) is 0.929. The van der Waals surface area contributed by atoms with Crippen LogP contribution in [0.2, 0.25) is 0 Å². The Morgan fingerprint density at radius 1 is 1.17 bits per heavy atom. The molecule has 3 aromatic rings. The van der Waals surface area contributed by atoms with Crippen LogP contribution in [0.5, 0.6) is 0 Å². The Morgan fingerprint density at radius 3 is 2.83 bits per heavy atom. The van der Waals surface area contributed by atoms with Gasteiger partial charge in [0, 0.05) is 28.5 Å². The topological polar surface area (TPSA) is 51.8 Å². The maximum Gasteiger partial charge on any atom is 0.0731 e. The number of pyridine rings is 2. The van der Waals surface area contributed by atoms with Gasteiger partial charge in [-0.15, -0.1) is 0 Å². The first-order valence-corrected chi connectivity index (χ1v) is 5.73. The predicted molar refractivity (Wildman–Crippen MR) is 73.0 cm³/mol. The highest BCUT2D eigenvalue weighted by molar-refractivity contribution is 5.83. The minimum Gasteiger partial charge on any atom is -0.399 e. The molecule has 2 N–H and O–H groups in total. The summed E-state index contributed by atoms with van der Waals surface area (Å²) in [6, 6.07) is 14.7. The molecule has 2 aromatic heterocycles. The molecule has 0 fully saturated rings. The molecule has 0 aliphatic carbocycles. The highest BCUT2D eigenvalue weighted by Gasteiger charge is 2.02. The highest BCUT2D eigenvalue weighted by Crippen LogP contribution is 2.21. The first kappa shape index (κ1) is 10.7. The molecule has 0 spiro atoms. The molecule has 0 bridgehead atoms. The van der Waals surface area contributed by atoms with Gasteiger partial charge in [0.2, 0.25) is 0 Å². The van der Waals surface area contributed by atoms with Gasteiger partial charge in [-0.05, 0) is 49.4 Å². The van der Waals surface area contributed by atoms with Crippen LogP contribution in [0.3, 0.4) is 0 Å². The van der Waals surface area contributed by atoms with Crippen LogP contribution in [-0.4, -0.2) is 9.97 Å². The molecule has 87 valence electrons. The molecule has 0 unspecified atom stereocenters. The number of hydrogen-bond donors (Lipinski definition) is 1. The molecule has 0 atom stereocenters. The lowest BCUT2D eigenvalue weighted by Gasteiger charge is -2.03. The van der Waals surface area contributed by atoms with E-state index in [0.29, 0.717) is 0 Å². The molecule has 0 aliphatic heterocycles. The van der Waals surface area contributed by atoms with Crippen molar-refractivity contribution in [2.24, 2.45) is 0 Å². The van der Waals surface area contributed by atoms with Crippen molar-refractivity contribution in [3.05, 3.63) is 54.4 Å². The van der Waals surface area contributed by atoms with E-state index in [4.69, 9.17) is 5.73 Å². The summed E-state index contributed by atoms with van der Waals surface area (Å²) in [6.07, 6.45) is 1.83. The minimum atomic E-state index is 0.727. The third-order valence-electron chi connectivity index (χ3n) is 2.83. The van der Waals surface area contributed by atoms with Gasteiger partial charge in [0.25, 0.3) is 0 Å². The van der Waals surface area contributed by atoms with E-state index in [1.807, 2.05) is 49.5 Å². The fourth-order valence-electron chi connectivity index (χ4n) is 1.84. The van der Waals surface area contributed by atoms with Gasteiger partial charge in [-0.3, -0.25) is 4.98 Å². The lowest BCUT2D eigenvalue weighted by molar-refractivity contribution is 1.20. The zero-order chi connectivity index (χ0) is 12.5. The number of benzene rings is 1. The number of nitrogens with two attached hydrogens (primary N) is 1. The van der Waals surface area contributed by atoms with Crippen molar-refractivity contribution in [2.75, 3.05) is 5.73 Å². The van der Waals surface area contributed by atoms with Gasteiger partial charge in [-0.1, -0.05) is 0 Å². The Bertz CT molecular complexity index is 703. The van der Waals surface area contributed by atoms with Gasteiger partial charge in [0.15, 0.2) is 0 Å². The average molecular weight is 234 g/mol. The number of fused-ring (bicyclic) bond motifs is 1. The van der Waals surface area contributed by atoms with Crippen LogP contribution >= 0.6 is 0 Å². The molecule has 0 aliphatic rings. The van der Waals surface area contributed by atoms with Gasteiger partial charge in [-0.25, -0.2) is 4.98 Å². The van der Waals surface area contributed by atoms with Gasteiger partial charge in [-0.2, -0.15) is 0 Å². The number of hydrogen-bond acceptors (Lipinski definition) is 3. The van der Waals surface area contributed by atoms with Gasteiger partial charge < -0.3 is 5.73 Å². The van der Waals surface area contributed by atoms with E-state index in [9.17, 15) is 0 Å². The van der Waals surface area contributed by atoms with Crippen LogP contribution in [0, 0.1) is 13.0 Å². The average Bonchev–Trinajstić information content (AvgIpc) is 2.39. The number of rotatable bonds is 1. The lowest BCUT2D eigenvalue weighted by Crippen LogP contribution is -1.89. The third-order valence-corrected chi connectivity index (χ3v) is 2.83.